The summed E-state index contributed by atoms with van der Waals surface area (Å²) in [6.45, 7) is 8.96. The summed E-state index contributed by atoms with van der Waals surface area (Å²) in [5.41, 5.74) is 5.49. The van der Waals surface area contributed by atoms with Gasteiger partial charge in [0.2, 0.25) is 0 Å². The van der Waals surface area contributed by atoms with Crippen molar-refractivity contribution in [1.29, 1.82) is 0 Å². The molecule has 0 spiro atoms. The van der Waals surface area contributed by atoms with Crippen LogP contribution in [0.4, 0.5) is 0 Å². The first-order chi connectivity index (χ1) is 10.8. The van der Waals surface area contributed by atoms with Crippen LogP contribution in [0, 0.1) is 0 Å². The summed E-state index contributed by atoms with van der Waals surface area (Å²) in [7, 11) is 1.64. The van der Waals surface area contributed by atoms with Crippen molar-refractivity contribution in [2.45, 2.75) is 13.3 Å². The van der Waals surface area contributed by atoms with Crippen molar-refractivity contribution in [3.63, 3.8) is 0 Å². The lowest BCUT2D eigenvalue weighted by Crippen LogP contribution is -2.40. The van der Waals surface area contributed by atoms with Gasteiger partial charge in [-0.05, 0) is 6.42 Å². The van der Waals surface area contributed by atoms with Gasteiger partial charge in [-0.3, -0.25) is 9.98 Å². The molecule has 4 N–H and O–H groups in total. The van der Waals surface area contributed by atoms with Gasteiger partial charge in [0.05, 0.1) is 33.0 Å². The third kappa shape index (κ3) is 8.04. The molecule has 8 heteroatoms. The molecule has 0 fully saturated rings. The maximum absolute atomic E-state index is 5.51. The lowest BCUT2D eigenvalue weighted by atomic mass is 10.4. The SMILES string of the molecule is CCCN1CCN=C1NCCOCCOCCNC(N)=NC. The Kier molecular flexibility index (Phi) is 10.1. The highest BCUT2D eigenvalue weighted by Crippen LogP contribution is 1.99. The summed E-state index contributed by atoms with van der Waals surface area (Å²) in [5.74, 6) is 1.43. The van der Waals surface area contributed by atoms with E-state index in [0.29, 0.717) is 38.9 Å². The van der Waals surface area contributed by atoms with Crippen LogP contribution in [0.2, 0.25) is 0 Å². The summed E-state index contributed by atoms with van der Waals surface area (Å²) < 4.78 is 10.9. The predicted molar refractivity (Wildman–Crippen MR) is 89.4 cm³/mol. The van der Waals surface area contributed by atoms with Crippen LogP contribution in [0.3, 0.4) is 0 Å². The lowest BCUT2D eigenvalue weighted by Gasteiger charge is -2.20. The molecule has 1 aliphatic rings. The number of rotatable bonds is 11. The quantitative estimate of drug-likeness (QED) is 0.263. The number of guanidine groups is 2. The molecule has 0 aliphatic carbocycles. The number of nitrogens with two attached hydrogens (primary N) is 1. The fourth-order valence-electron chi connectivity index (χ4n) is 2.03. The van der Waals surface area contributed by atoms with Crippen molar-refractivity contribution >= 4 is 11.9 Å². The molecule has 1 rings (SSSR count). The van der Waals surface area contributed by atoms with Crippen LogP contribution in [0.25, 0.3) is 0 Å². The van der Waals surface area contributed by atoms with E-state index in [-0.39, 0.29) is 0 Å². The summed E-state index contributed by atoms with van der Waals surface area (Å²) in [6.07, 6.45) is 1.14. The molecule has 0 saturated heterocycles. The Morgan fingerprint density at radius 1 is 1.27 bits per heavy atom. The second-order valence-corrected chi connectivity index (χ2v) is 4.88. The highest BCUT2D eigenvalue weighted by atomic mass is 16.5. The number of hydrogen-bond acceptors (Lipinski definition) is 6. The monoisotopic (exact) mass is 314 g/mol. The van der Waals surface area contributed by atoms with Crippen LogP contribution >= 0.6 is 0 Å². The fraction of sp³-hybridized carbons (Fsp3) is 0.857. The molecule has 128 valence electrons. The standard InChI is InChI=1S/C14H30N6O2/c1-3-7-20-8-4-18-14(20)19-6-10-22-12-11-21-9-5-17-13(15)16-2/h3-12H2,1-2H3,(H,18,19)(H3,15,16,17). The summed E-state index contributed by atoms with van der Waals surface area (Å²) in [6, 6.07) is 0. The molecule has 0 saturated carbocycles. The van der Waals surface area contributed by atoms with Crippen LogP contribution in [0.15, 0.2) is 9.98 Å². The molecular formula is C14H30N6O2. The molecule has 0 atom stereocenters. The Morgan fingerprint density at radius 3 is 2.68 bits per heavy atom. The van der Waals surface area contributed by atoms with Gasteiger partial charge in [-0.25, -0.2) is 0 Å². The third-order valence-corrected chi connectivity index (χ3v) is 3.12. The van der Waals surface area contributed by atoms with Gasteiger partial charge in [-0.15, -0.1) is 0 Å². The van der Waals surface area contributed by atoms with Gasteiger partial charge >= 0.3 is 0 Å². The third-order valence-electron chi connectivity index (χ3n) is 3.12. The Balaban J connectivity index is 1.88. The molecule has 0 bridgehead atoms. The van der Waals surface area contributed by atoms with Crippen molar-refractivity contribution in [2.75, 3.05) is 66.2 Å². The molecule has 0 aromatic heterocycles. The van der Waals surface area contributed by atoms with E-state index in [1.807, 2.05) is 0 Å². The molecule has 0 amide bonds. The number of ether oxygens (including phenoxy) is 2. The maximum Gasteiger partial charge on any atom is 0.194 e. The molecule has 0 radical (unpaired) electrons. The van der Waals surface area contributed by atoms with Crippen LogP contribution in [-0.4, -0.2) is 83.0 Å². The average molecular weight is 314 g/mol. The van der Waals surface area contributed by atoms with Gasteiger partial charge in [-0.2, -0.15) is 0 Å². The zero-order valence-corrected chi connectivity index (χ0v) is 13.8. The number of hydrogen-bond donors (Lipinski definition) is 3. The average Bonchev–Trinajstić information content (AvgIpc) is 2.96. The fourth-order valence-corrected chi connectivity index (χ4v) is 2.03. The molecule has 0 aromatic rings. The smallest absolute Gasteiger partial charge is 0.194 e. The van der Waals surface area contributed by atoms with E-state index in [0.717, 1.165) is 38.6 Å². The van der Waals surface area contributed by atoms with E-state index in [1.165, 1.54) is 0 Å². The summed E-state index contributed by atoms with van der Waals surface area (Å²) in [5, 5.41) is 6.24. The highest BCUT2D eigenvalue weighted by Gasteiger charge is 2.14. The Morgan fingerprint density at radius 2 is 2.00 bits per heavy atom. The van der Waals surface area contributed by atoms with E-state index in [9.17, 15) is 0 Å². The van der Waals surface area contributed by atoms with Crippen molar-refractivity contribution < 1.29 is 9.47 Å². The van der Waals surface area contributed by atoms with Crippen molar-refractivity contribution in [2.24, 2.45) is 15.7 Å². The molecule has 8 nitrogen and oxygen atoms in total. The summed E-state index contributed by atoms with van der Waals surface area (Å²) in [4.78, 5) is 10.5. The molecule has 1 heterocycles. The van der Waals surface area contributed by atoms with E-state index in [2.05, 4.69) is 32.4 Å². The maximum atomic E-state index is 5.51. The minimum atomic E-state index is 0.429. The number of nitrogens with one attached hydrogen (secondary N) is 2. The van der Waals surface area contributed by atoms with Gasteiger partial charge < -0.3 is 30.7 Å². The largest absolute Gasteiger partial charge is 0.377 e. The van der Waals surface area contributed by atoms with Gasteiger partial charge in [0.15, 0.2) is 11.9 Å². The van der Waals surface area contributed by atoms with Crippen LogP contribution in [0.1, 0.15) is 13.3 Å². The highest BCUT2D eigenvalue weighted by molar-refractivity contribution is 5.81. The zero-order chi connectivity index (χ0) is 16.0. The van der Waals surface area contributed by atoms with Gasteiger partial charge in [0.25, 0.3) is 0 Å². The molecule has 0 unspecified atom stereocenters. The van der Waals surface area contributed by atoms with Crippen molar-refractivity contribution in [3.05, 3.63) is 0 Å². The molecular weight excluding hydrogens is 284 g/mol. The zero-order valence-electron chi connectivity index (χ0n) is 13.8. The van der Waals surface area contributed by atoms with Crippen LogP contribution < -0.4 is 16.4 Å². The molecule has 22 heavy (non-hydrogen) atoms. The van der Waals surface area contributed by atoms with E-state index in [4.69, 9.17) is 15.2 Å². The van der Waals surface area contributed by atoms with Crippen molar-refractivity contribution in [1.82, 2.24) is 15.5 Å². The molecule has 0 aromatic carbocycles. The van der Waals surface area contributed by atoms with E-state index < -0.39 is 0 Å². The Bertz CT molecular complexity index is 348. The second-order valence-electron chi connectivity index (χ2n) is 4.88. The van der Waals surface area contributed by atoms with Gasteiger partial charge in [0.1, 0.15) is 0 Å². The topological polar surface area (TPSA) is 96.5 Å². The normalized spacial score (nSPS) is 15.1. The van der Waals surface area contributed by atoms with Crippen molar-refractivity contribution in [3.8, 4) is 0 Å². The number of aliphatic imine (C=N–C) groups is 2. The van der Waals surface area contributed by atoms with Gasteiger partial charge in [0, 0.05) is 33.2 Å². The minimum absolute atomic E-state index is 0.429. The summed E-state index contributed by atoms with van der Waals surface area (Å²) >= 11 is 0. The first kappa shape index (κ1) is 18.5. The first-order valence-electron chi connectivity index (χ1n) is 7.92. The lowest BCUT2D eigenvalue weighted by molar-refractivity contribution is 0.0517. The second kappa shape index (κ2) is 12.0. The van der Waals surface area contributed by atoms with E-state index in [1.54, 1.807) is 7.05 Å². The predicted octanol–water partition coefficient (Wildman–Crippen LogP) is -0.775. The van der Waals surface area contributed by atoms with Crippen LogP contribution in [0.5, 0.6) is 0 Å². The van der Waals surface area contributed by atoms with E-state index >= 15 is 0 Å². The minimum Gasteiger partial charge on any atom is -0.377 e. The number of nitrogens with zero attached hydrogens (tertiary/aromatic N) is 3. The molecule has 1 aliphatic heterocycles. The van der Waals surface area contributed by atoms with Crippen LogP contribution in [-0.2, 0) is 9.47 Å². The Labute approximate surface area is 133 Å². The Hall–Kier alpha value is -1.54. The van der Waals surface area contributed by atoms with Gasteiger partial charge in [-0.1, -0.05) is 6.92 Å². The first-order valence-corrected chi connectivity index (χ1v) is 7.92.